The zero-order valence-corrected chi connectivity index (χ0v) is 15.9. The van der Waals surface area contributed by atoms with Gasteiger partial charge in [-0.15, -0.1) is 0 Å². The lowest BCUT2D eigenvalue weighted by Crippen LogP contribution is -2.41. The molecule has 1 saturated heterocycles. The van der Waals surface area contributed by atoms with Gasteiger partial charge in [0.1, 0.15) is 5.75 Å². The molecule has 1 fully saturated rings. The number of carboxylic acid groups (broad SMARTS) is 1. The van der Waals surface area contributed by atoms with E-state index in [-0.39, 0.29) is 30.6 Å². The minimum atomic E-state index is -0.793. The quantitative estimate of drug-likeness (QED) is 0.726. The number of carbonyl (C=O) groups is 3. The molecule has 2 rings (SSSR count). The second-order valence-corrected chi connectivity index (χ2v) is 6.85. The summed E-state index contributed by atoms with van der Waals surface area (Å²) >= 11 is 0. The summed E-state index contributed by atoms with van der Waals surface area (Å²) in [5, 5.41) is 11.8. The van der Waals surface area contributed by atoms with Gasteiger partial charge in [-0.25, -0.2) is 0 Å². The predicted octanol–water partition coefficient (Wildman–Crippen LogP) is 2.37. The summed E-state index contributed by atoms with van der Waals surface area (Å²) in [6.07, 6.45) is 1.68. The van der Waals surface area contributed by atoms with Crippen molar-refractivity contribution in [2.24, 2.45) is 5.92 Å². The molecule has 1 unspecified atom stereocenters. The molecule has 1 aliphatic heterocycles. The van der Waals surface area contributed by atoms with Crippen LogP contribution in [0.3, 0.4) is 0 Å². The molecule has 0 spiro atoms. The van der Waals surface area contributed by atoms with Gasteiger partial charge in [0.25, 0.3) is 0 Å². The Kier molecular flexibility index (Phi) is 7.64. The molecule has 1 aliphatic rings. The number of hydrogen-bond acceptors (Lipinski definition) is 4. The van der Waals surface area contributed by atoms with Crippen LogP contribution >= 0.6 is 0 Å². The predicted molar refractivity (Wildman–Crippen MR) is 100 cm³/mol. The van der Waals surface area contributed by atoms with Crippen molar-refractivity contribution >= 4 is 17.8 Å². The molecular weight excluding hydrogens is 348 g/mol. The molecule has 0 aromatic heterocycles. The molecule has 0 saturated carbocycles. The Labute approximate surface area is 159 Å². The van der Waals surface area contributed by atoms with Crippen molar-refractivity contribution in [3.8, 4) is 5.75 Å². The Hall–Kier alpha value is -2.57. The fourth-order valence-electron chi connectivity index (χ4n) is 3.48. The van der Waals surface area contributed by atoms with Crippen LogP contribution in [0.25, 0.3) is 0 Å². The smallest absolute Gasteiger partial charge is 0.303 e. The van der Waals surface area contributed by atoms with Gasteiger partial charge in [0, 0.05) is 32.0 Å². The second-order valence-electron chi connectivity index (χ2n) is 6.85. The van der Waals surface area contributed by atoms with Crippen molar-refractivity contribution in [1.82, 2.24) is 10.2 Å². The molecule has 148 valence electrons. The Morgan fingerprint density at radius 3 is 2.52 bits per heavy atom. The van der Waals surface area contributed by atoms with E-state index < -0.39 is 12.0 Å². The van der Waals surface area contributed by atoms with Crippen LogP contribution in [0.1, 0.15) is 51.1 Å². The fraction of sp³-hybridized carbons (Fsp3) is 0.550. The zero-order valence-electron chi connectivity index (χ0n) is 15.9. The van der Waals surface area contributed by atoms with Gasteiger partial charge in [-0.3, -0.25) is 14.4 Å². The van der Waals surface area contributed by atoms with Crippen molar-refractivity contribution in [1.29, 1.82) is 0 Å². The van der Waals surface area contributed by atoms with Gasteiger partial charge in [0.05, 0.1) is 19.1 Å². The van der Waals surface area contributed by atoms with Crippen molar-refractivity contribution < 1.29 is 24.2 Å². The highest BCUT2D eigenvalue weighted by molar-refractivity contribution is 5.79. The van der Waals surface area contributed by atoms with Gasteiger partial charge in [-0.05, 0) is 31.7 Å². The lowest BCUT2D eigenvalue weighted by atomic mass is 9.93. The van der Waals surface area contributed by atoms with Gasteiger partial charge in [-0.1, -0.05) is 18.2 Å². The van der Waals surface area contributed by atoms with E-state index in [4.69, 9.17) is 9.84 Å². The van der Waals surface area contributed by atoms with E-state index in [9.17, 15) is 14.4 Å². The number of likely N-dealkylation sites (tertiary alicyclic amines) is 1. The summed E-state index contributed by atoms with van der Waals surface area (Å²) in [7, 11) is 0. The third kappa shape index (κ3) is 6.27. The first kappa shape index (κ1) is 20.7. The van der Waals surface area contributed by atoms with Crippen LogP contribution in [0.5, 0.6) is 5.75 Å². The first-order chi connectivity index (χ1) is 12.9. The summed E-state index contributed by atoms with van der Waals surface area (Å²) in [4.78, 5) is 37.0. The van der Waals surface area contributed by atoms with E-state index in [1.807, 2.05) is 31.2 Å². The third-order valence-corrected chi connectivity index (χ3v) is 4.78. The molecule has 0 radical (unpaired) electrons. The molecule has 1 heterocycles. The molecule has 7 nitrogen and oxygen atoms in total. The van der Waals surface area contributed by atoms with Gasteiger partial charge in [0.15, 0.2) is 0 Å². The maximum absolute atomic E-state index is 12.8. The average Bonchev–Trinajstić information content (AvgIpc) is 2.61. The number of nitrogens with zero attached hydrogens (tertiary/aromatic N) is 1. The molecular formula is C20H28N2O5. The Morgan fingerprint density at radius 1 is 1.26 bits per heavy atom. The molecule has 27 heavy (non-hydrogen) atoms. The molecule has 2 N–H and O–H groups in total. The Morgan fingerprint density at radius 2 is 1.93 bits per heavy atom. The van der Waals surface area contributed by atoms with Crippen LogP contribution in [0, 0.1) is 5.92 Å². The highest BCUT2D eigenvalue weighted by Crippen LogP contribution is 2.29. The minimum Gasteiger partial charge on any atom is -0.494 e. The summed E-state index contributed by atoms with van der Waals surface area (Å²) in [6, 6.07) is 6.94. The van der Waals surface area contributed by atoms with E-state index in [1.165, 1.54) is 6.92 Å². The van der Waals surface area contributed by atoms with Gasteiger partial charge in [0.2, 0.25) is 11.8 Å². The topological polar surface area (TPSA) is 95.9 Å². The number of carboxylic acids is 1. The van der Waals surface area contributed by atoms with Crippen LogP contribution in [0.4, 0.5) is 0 Å². The normalized spacial score (nSPS) is 15.9. The SMILES string of the molecule is CCOc1ccccc1C(CC(=O)N1CCC(CC(=O)O)CC1)NC(C)=O. The van der Waals surface area contributed by atoms with Crippen LogP contribution in [-0.4, -0.2) is 47.5 Å². The highest BCUT2D eigenvalue weighted by atomic mass is 16.5. The summed E-state index contributed by atoms with van der Waals surface area (Å²) < 4.78 is 5.65. The standard InChI is InChI=1S/C20H28N2O5/c1-3-27-18-7-5-4-6-16(18)17(21-14(2)23)13-19(24)22-10-8-15(9-11-22)12-20(25)26/h4-7,15,17H,3,8-13H2,1-2H3,(H,21,23)(H,25,26). The lowest BCUT2D eigenvalue weighted by molar-refractivity contribution is -0.138. The van der Waals surface area contributed by atoms with Gasteiger partial charge < -0.3 is 20.1 Å². The largest absolute Gasteiger partial charge is 0.494 e. The zero-order chi connectivity index (χ0) is 19.8. The molecule has 1 aromatic rings. The number of hydrogen-bond donors (Lipinski definition) is 2. The van der Waals surface area contributed by atoms with E-state index in [2.05, 4.69) is 5.32 Å². The second kappa shape index (κ2) is 9.94. The molecule has 7 heteroatoms. The number of benzene rings is 1. The van der Waals surface area contributed by atoms with Crippen LogP contribution in [0.2, 0.25) is 0 Å². The number of nitrogens with one attached hydrogen (secondary N) is 1. The first-order valence-electron chi connectivity index (χ1n) is 9.39. The average molecular weight is 376 g/mol. The Balaban J connectivity index is 2.05. The monoisotopic (exact) mass is 376 g/mol. The number of carbonyl (C=O) groups excluding carboxylic acids is 2. The fourth-order valence-corrected chi connectivity index (χ4v) is 3.48. The Bertz CT molecular complexity index is 668. The summed E-state index contributed by atoms with van der Waals surface area (Å²) in [6.45, 7) is 4.91. The molecule has 0 aliphatic carbocycles. The van der Waals surface area contributed by atoms with Crippen molar-refractivity contribution in [3.05, 3.63) is 29.8 Å². The van der Waals surface area contributed by atoms with Crippen molar-refractivity contribution in [3.63, 3.8) is 0 Å². The van der Waals surface area contributed by atoms with Crippen LogP contribution < -0.4 is 10.1 Å². The summed E-state index contributed by atoms with van der Waals surface area (Å²) in [5.41, 5.74) is 0.781. The van der Waals surface area contributed by atoms with Gasteiger partial charge in [-0.2, -0.15) is 0 Å². The van der Waals surface area contributed by atoms with E-state index >= 15 is 0 Å². The molecule has 1 aromatic carbocycles. The number of amides is 2. The number of aliphatic carboxylic acids is 1. The first-order valence-corrected chi connectivity index (χ1v) is 9.39. The number of ether oxygens (including phenoxy) is 1. The maximum atomic E-state index is 12.8. The number of piperidine rings is 1. The van der Waals surface area contributed by atoms with Crippen LogP contribution in [0.15, 0.2) is 24.3 Å². The van der Waals surface area contributed by atoms with Crippen LogP contribution in [-0.2, 0) is 14.4 Å². The molecule has 0 bridgehead atoms. The maximum Gasteiger partial charge on any atom is 0.303 e. The van der Waals surface area contributed by atoms with Crippen molar-refractivity contribution in [2.75, 3.05) is 19.7 Å². The van der Waals surface area contributed by atoms with E-state index in [1.54, 1.807) is 4.90 Å². The lowest BCUT2D eigenvalue weighted by Gasteiger charge is -2.32. The highest BCUT2D eigenvalue weighted by Gasteiger charge is 2.27. The number of rotatable bonds is 8. The van der Waals surface area contributed by atoms with Gasteiger partial charge >= 0.3 is 5.97 Å². The summed E-state index contributed by atoms with van der Waals surface area (Å²) in [5.74, 6) is -0.269. The molecule has 1 atom stereocenters. The van der Waals surface area contributed by atoms with Crippen molar-refractivity contribution in [2.45, 2.75) is 45.6 Å². The minimum absolute atomic E-state index is 0.0474. The third-order valence-electron chi connectivity index (χ3n) is 4.78. The number of para-hydroxylation sites is 1. The molecule has 2 amide bonds. The van der Waals surface area contributed by atoms with E-state index in [0.29, 0.717) is 38.3 Å². The van der Waals surface area contributed by atoms with E-state index in [0.717, 1.165) is 5.56 Å².